The lowest BCUT2D eigenvalue weighted by molar-refractivity contribution is -0.123. The van der Waals surface area contributed by atoms with E-state index in [4.69, 9.17) is 5.73 Å². The summed E-state index contributed by atoms with van der Waals surface area (Å²) in [6.07, 6.45) is 3.49. The highest BCUT2D eigenvalue weighted by Crippen LogP contribution is 2.01. The zero-order valence-corrected chi connectivity index (χ0v) is 8.31. The van der Waals surface area contributed by atoms with E-state index in [1.54, 1.807) is 13.8 Å². The fourth-order valence-corrected chi connectivity index (χ4v) is 0.863. The Balaban J connectivity index is 3.54. The average molecular weight is 172 g/mol. The van der Waals surface area contributed by atoms with E-state index in [0.717, 1.165) is 13.0 Å². The Morgan fingerprint density at radius 2 is 2.00 bits per heavy atom. The molecule has 0 radical (unpaired) electrons. The molecule has 0 saturated heterocycles. The van der Waals surface area contributed by atoms with Crippen LogP contribution in [0.25, 0.3) is 0 Å². The number of hydrogen-bond donors (Lipinski definition) is 2. The maximum absolute atomic E-state index is 10.8. The van der Waals surface area contributed by atoms with E-state index < -0.39 is 5.54 Å². The maximum Gasteiger partial charge on any atom is 0.237 e. The van der Waals surface area contributed by atoms with E-state index >= 15 is 0 Å². The molecular formula is C9H20N2O. The van der Waals surface area contributed by atoms with Gasteiger partial charge in [0.25, 0.3) is 0 Å². The third kappa shape index (κ3) is 4.34. The van der Waals surface area contributed by atoms with Gasteiger partial charge in [-0.1, -0.05) is 19.8 Å². The minimum absolute atomic E-state index is 0.293. The molecule has 0 bridgehead atoms. The van der Waals surface area contributed by atoms with Crippen LogP contribution in [-0.4, -0.2) is 18.0 Å². The van der Waals surface area contributed by atoms with Crippen molar-refractivity contribution in [1.82, 2.24) is 5.32 Å². The van der Waals surface area contributed by atoms with Crippen molar-refractivity contribution in [2.45, 2.75) is 45.6 Å². The third-order valence-electron chi connectivity index (χ3n) is 1.96. The smallest absolute Gasteiger partial charge is 0.237 e. The van der Waals surface area contributed by atoms with Crippen LogP contribution in [0.5, 0.6) is 0 Å². The Morgan fingerprint density at radius 1 is 1.42 bits per heavy atom. The van der Waals surface area contributed by atoms with Crippen LogP contribution in [-0.2, 0) is 4.79 Å². The van der Waals surface area contributed by atoms with Crippen LogP contribution in [0, 0.1) is 0 Å². The Morgan fingerprint density at radius 3 is 2.42 bits per heavy atom. The lowest BCUT2D eigenvalue weighted by Gasteiger charge is -2.22. The van der Waals surface area contributed by atoms with Crippen LogP contribution >= 0.6 is 0 Å². The summed E-state index contributed by atoms with van der Waals surface area (Å²) in [5, 5.41) is 3.12. The molecule has 3 N–H and O–H groups in total. The van der Waals surface area contributed by atoms with Gasteiger partial charge in [0, 0.05) is 0 Å². The summed E-state index contributed by atoms with van der Waals surface area (Å²) in [7, 11) is 0. The first kappa shape index (κ1) is 11.4. The highest BCUT2D eigenvalue weighted by Gasteiger charge is 2.22. The number of carbonyl (C=O) groups is 1. The Hall–Kier alpha value is -0.570. The second-order valence-electron chi connectivity index (χ2n) is 3.62. The lowest BCUT2D eigenvalue weighted by atomic mass is 10.1. The largest absolute Gasteiger partial charge is 0.368 e. The van der Waals surface area contributed by atoms with E-state index in [2.05, 4.69) is 12.2 Å². The summed E-state index contributed by atoms with van der Waals surface area (Å²) in [5.41, 5.74) is 4.62. The van der Waals surface area contributed by atoms with E-state index in [-0.39, 0.29) is 5.91 Å². The number of hydrogen-bond acceptors (Lipinski definition) is 2. The number of primary amides is 1. The van der Waals surface area contributed by atoms with Crippen molar-refractivity contribution in [2.75, 3.05) is 6.54 Å². The molecule has 0 rings (SSSR count). The van der Waals surface area contributed by atoms with Crippen LogP contribution in [0.4, 0.5) is 0 Å². The van der Waals surface area contributed by atoms with Gasteiger partial charge in [0.2, 0.25) is 5.91 Å². The first-order valence-corrected chi connectivity index (χ1v) is 4.55. The van der Waals surface area contributed by atoms with Gasteiger partial charge < -0.3 is 11.1 Å². The monoisotopic (exact) mass is 172 g/mol. The van der Waals surface area contributed by atoms with E-state index in [1.165, 1.54) is 12.8 Å². The second-order valence-corrected chi connectivity index (χ2v) is 3.62. The van der Waals surface area contributed by atoms with Crippen molar-refractivity contribution in [3.8, 4) is 0 Å². The molecule has 0 atom stereocenters. The topological polar surface area (TPSA) is 55.1 Å². The van der Waals surface area contributed by atoms with Crippen LogP contribution < -0.4 is 11.1 Å². The summed E-state index contributed by atoms with van der Waals surface area (Å²) in [6, 6.07) is 0. The molecule has 3 heteroatoms. The molecule has 1 amide bonds. The van der Waals surface area contributed by atoms with Crippen LogP contribution in [0.2, 0.25) is 0 Å². The number of nitrogens with two attached hydrogens (primary N) is 1. The minimum Gasteiger partial charge on any atom is -0.368 e. The second kappa shape index (κ2) is 5.14. The van der Waals surface area contributed by atoms with Crippen LogP contribution in [0.1, 0.15) is 40.0 Å². The van der Waals surface area contributed by atoms with Gasteiger partial charge >= 0.3 is 0 Å². The van der Waals surface area contributed by atoms with Crippen LogP contribution in [0.3, 0.4) is 0 Å². The number of carbonyl (C=O) groups excluding carboxylic acids is 1. The summed E-state index contributed by atoms with van der Waals surface area (Å²) in [6.45, 7) is 6.63. The van der Waals surface area contributed by atoms with E-state index in [0.29, 0.717) is 0 Å². The predicted molar refractivity (Wildman–Crippen MR) is 50.8 cm³/mol. The normalized spacial score (nSPS) is 11.6. The molecule has 0 aromatic heterocycles. The molecule has 0 aliphatic heterocycles. The van der Waals surface area contributed by atoms with Crippen molar-refractivity contribution < 1.29 is 4.79 Å². The van der Waals surface area contributed by atoms with Gasteiger partial charge in [-0.15, -0.1) is 0 Å². The van der Waals surface area contributed by atoms with Crippen LogP contribution in [0.15, 0.2) is 0 Å². The fourth-order valence-electron chi connectivity index (χ4n) is 0.863. The minimum atomic E-state index is -0.562. The first-order valence-electron chi connectivity index (χ1n) is 4.55. The summed E-state index contributed by atoms with van der Waals surface area (Å²) < 4.78 is 0. The maximum atomic E-state index is 10.8. The zero-order chi connectivity index (χ0) is 9.61. The van der Waals surface area contributed by atoms with Gasteiger partial charge in [0.05, 0.1) is 5.54 Å². The Bertz CT molecular complexity index is 143. The molecular weight excluding hydrogens is 152 g/mol. The van der Waals surface area contributed by atoms with Gasteiger partial charge in [0.1, 0.15) is 0 Å². The van der Waals surface area contributed by atoms with Gasteiger partial charge in [-0.3, -0.25) is 4.79 Å². The average Bonchev–Trinajstić information content (AvgIpc) is 1.98. The Labute approximate surface area is 74.7 Å². The van der Waals surface area contributed by atoms with E-state index in [1.807, 2.05) is 0 Å². The van der Waals surface area contributed by atoms with Crippen molar-refractivity contribution >= 4 is 5.91 Å². The molecule has 12 heavy (non-hydrogen) atoms. The summed E-state index contributed by atoms with van der Waals surface area (Å²) in [5.74, 6) is -0.293. The molecule has 0 saturated carbocycles. The first-order chi connectivity index (χ1) is 5.50. The van der Waals surface area contributed by atoms with Crippen molar-refractivity contribution in [3.05, 3.63) is 0 Å². The Kier molecular flexibility index (Phi) is 4.90. The number of unbranched alkanes of at least 4 members (excludes halogenated alkanes) is 2. The number of nitrogens with one attached hydrogen (secondary N) is 1. The molecule has 3 nitrogen and oxygen atoms in total. The molecule has 0 aromatic carbocycles. The standard InChI is InChI=1S/C9H20N2O/c1-4-5-6-7-11-9(2,3)8(10)12/h11H,4-7H2,1-3H3,(H2,10,12). The van der Waals surface area contributed by atoms with Gasteiger partial charge in [0.15, 0.2) is 0 Å². The molecule has 0 unspecified atom stereocenters. The molecule has 0 spiro atoms. The third-order valence-corrected chi connectivity index (χ3v) is 1.96. The summed E-state index contributed by atoms with van der Waals surface area (Å²) >= 11 is 0. The highest BCUT2D eigenvalue weighted by atomic mass is 16.1. The number of amides is 1. The summed E-state index contributed by atoms with van der Waals surface area (Å²) in [4.78, 5) is 10.8. The predicted octanol–water partition coefficient (Wildman–Crippen LogP) is 1.03. The SMILES string of the molecule is CCCCCNC(C)(C)C(N)=O. The van der Waals surface area contributed by atoms with E-state index in [9.17, 15) is 4.79 Å². The molecule has 72 valence electrons. The number of rotatable bonds is 6. The quantitative estimate of drug-likeness (QED) is 0.588. The molecule has 0 fully saturated rings. The van der Waals surface area contributed by atoms with Gasteiger partial charge in [-0.25, -0.2) is 0 Å². The zero-order valence-electron chi connectivity index (χ0n) is 8.31. The van der Waals surface area contributed by atoms with Crippen molar-refractivity contribution in [3.63, 3.8) is 0 Å². The molecule has 0 heterocycles. The van der Waals surface area contributed by atoms with Gasteiger partial charge in [-0.05, 0) is 26.8 Å². The van der Waals surface area contributed by atoms with Gasteiger partial charge in [-0.2, -0.15) is 0 Å². The molecule has 0 aliphatic rings. The fraction of sp³-hybridized carbons (Fsp3) is 0.889. The molecule has 0 aromatic rings. The van der Waals surface area contributed by atoms with Crippen molar-refractivity contribution in [2.24, 2.45) is 5.73 Å². The lowest BCUT2D eigenvalue weighted by Crippen LogP contribution is -2.50. The van der Waals surface area contributed by atoms with Crippen molar-refractivity contribution in [1.29, 1.82) is 0 Å². The molecule has 0 aliphatic carbocycles. The highest BCUT2D eigenvalue weighted by molar-refractivity contribution is 5.83.